The summed E-state index contributed by atoms with van der Waals surface area (Å²) in [4.78, 5) is 116. The van der Waals surface area contributed by atoms with Gasteiger partial charge in [0.05, 0.1) is 19.0 Å². The van der Waals surface area contributed by atoms with Crippen LogP contribution in [-0.2, 0) is 49.6 Å². The minimum absolute atomic E-state index is 0.191. The molecule has 0 aliphatic rings. The van der Waals surface area contributed by atoms with Crippen molar-refractivity contribution in [3.8, 4) is 0 Å². The molecule has 20 heteroatoms. The third-order valence-corrected chi connectivity index (χ3v) is 8.94. The van der Waals surface area contributed by atoms with Gasteiger partial charge in [-0.25, -0.2) is 4.79 Å². The number of carbonyl (C=O) groups is 9. The van der Waals surface area contributed by atoms with E-state index in [1.165, 1.54) is 13.8 Å². The quantitative estimate of drug-likeness (QED) is 0.0604. The lowest BCUT2D eigenvalue weighted by molar-refractivity contribution is -0.143. The smallest absolute Gasteiger partial charge is 0.326 e. The van der Waals surface area contributed by atoms with Crippen LogP contribution in [0.25, 0.3) is 10.9 Å². The van der Waals surface area contributed by atoms with Crippen LogP contribution in [0, 0.1) is 17.8 Å². The number of benzene rings is 1. The van der Waals surface area contributed by atoms with E-state index in [4.69, 9.17) is 11.5 Å². The highest BCUT2D eigenvalue weighted by Gasteiger charge is 2.34. The van der Waals surface area contributed by atoms with E-state index >= 15 is 0 Å². The Hall–Kier alpha value is -6.05. The van der Waals surface area contributed by atoms with Gasteiger partial charge in [0.15, 0.2) is 0 Å². The van der Waals surface area contributed by atoms with Gasteiger partial charge in [-0.05, 0) is 42.2 Å². The van der Waals surface area contributed by atoms with E-state index in [2.05, 4.69) is 36.9 Å². The van der Waals surface area contributed by atoms with Crippen LogP contribution >= 0.6 is 0 Å². The fourth-order valence-electron chi connectivity index (χ4n) is 5.70. The van der Waals surface area contributed by atoms with Crippen LogP contribution in [0.4, 0.5) is 0 Å². The minimum atomic E-state index is -1.73. The first-order chi connectivity index (χ1) is 26.6. The van der Waals surface area contributed by atoms with Crippen molar-refractivity contribution in [2.45, 2.75) is 103 Å². The molecule has 0 saturated heterocycles. The standard InChI is InChI=1S/C37H55N9O11/c1-17(2)29(46-36(55)31(19(5)6)44-32(51)22(38)13-20-15-40-23-10-8-7-9-21(20)23)34(53)41-16-27(48)42-25(14-28(49)50)33(52)45-30(18(3)4)35(54)43-24(37(56)57)11-12-26(39)47/h7-10,15,17-19,22,24-25,29-31,40H,11-14,16,38H2,1-6H3,(H2,39,47)(H,41,53)(H,42,48)(H,43,54)(H,44,51)(H,45,52)(H,46,55)(H,49,50)(H,56,57)/t22-,24-,25-,29-,30-,31-/m0/s1. The van der Waals surface area contributed by atoms with Crippen molar-refractivity contribution in [2.24, 2.45) is 29.2 Å². The highest BCUT2D eigenvalue weighted by molar-refractivity contribution is 5.97. The zero-order valence-electron chi connectivity index (χ0n) is 32.8. The number of hydrogen-bond acceptors (Lipinski definition) is 10. The molecule has 2 aromatic rings. The van der Waals surface area contributed by atoms with E-state index in [0.717, 1.165) is 16.5 Å². The number of carboxylic acid groups (broad SMARTS) is 2. The van der Waals surface area contributed by atoms with E-state index < -0.39 is 120 Å². The Morgan fingerprint density at radius 3 is 1.75 bits per heavy atom. The highest BCUT2D eigenvalue weighted by Crippen LogP contribution is 2.19. The molecule has 1 aromatic heterocycles. The third-order valence-electron chi connectivity index (χ3n) is 8.94. The number of fused-ring (bicyclic) bond motifs is 1. The van der Waals surface area contributed by atoms with Gasteiger partial charge in [-0.2, -0.15) is 0 Å². The summed E-state index contributed by atoms with van der Waals surface area (Å²) in [6, 6.07) is -0.382. The number of nitrogens with one attached hydrogen (secondary N) is 7. The SMILES string of the molecule is CC(C)[C@H](NC(=O)[C@H](CC(=O)O)NC(=O)CNC(=O)[C@@H](NC(=O)[C@@H](NC(=O)[C@@H](N)Cc1c[nH]c2ccccc12)C(C)C)C(C)C)C(=O)N[C@@H](CCC(N)=O)C(=O)O. The van der Waals surface area contributed by atoms with Crippen LogP contribution in [0.15, 0.2) is 30.5 Å². The molecule has 7 amide bonds. The van der Waals surface area contributed by atoms with Gasteiger partial charge < -0.3 is 58.6 Å². The molecule has 0 aliphatic heterocycles. The largest absolute Gasteiger partial charge is 0.481 e. The number of aromatic nitrogens is 1. The van der Waals surface area contributed by atoms with Crippen LogP contribution in [0.2, 0.25) is 0 Å². The fraction of sp³-hybridized carbons (Fsp3) is 0.541. The molecule has 0 aliphatic carbocycles. The Bertz CT molecular complexity index is 1790. The van der Waals surface area contributed by atoms with Gasteiger partial charge in [0, 0.05) is 23.5 Å². The van der Waals surface area contributed by atoms with Crippen molar-refractivity contribution in [3.05, 3.63) is 36.0 Å². The summed E-state index contributed by atoms with van der Waals surface area (Å²) in [6.07, 6.45) is 0.364. The normalized spacial score (nSPS) is 14.4. The third kappa shape index (κ3) is 14.8. The molecule has 1 aromatic carbocycles. The summed E-state index contributed by atoms with van der Waals surface area (Å²) < 4.78 is 0. The summed E-state index contributed by atoms with van der Waals surface area (Å²) in [7, 11) is 0. The minimum Gasteiger partial charge on any atom is -0.481 e. The number of hydrogen-bond donors (Lipinski definition) is 11. The van der Waals surface area contributed by atoms with Crippen molar-refractivity contribution in [1.29, 1.82) is 0 Å². The summed E-state index contributed by atoms with van der Waals surface area (Å²) in [6.45, 7) is 8.96. The summed E-state index contributed by atoms with van der Waals surface area (Å²) in [5.41, 5.74) is 13.0. The highest BCUT2D eigenvalue weighted by atomic mass is 16.4. The van der Waals surface area contributed by atoms with Crippen molar-refractivity contribution in [2.75, 3.05) is 6.54 Å². The van der Waals surface area contributed by atoms with Gasteiger partial charge in [0.25, 0.3) is 0 Å². The molecule has 0 unspecified atom stereocenters. The number of aliphatic carboxylic acids is 2. The molecule has 57 heavy (non-hydrogen) atoms. The molecule has 6 atom stereocenters. The van der Waals surface area contributed by atoms with E-state index in [1.54, 1.807) is 33.9 Å². The molecular formula is C37H55N9O11. The van der Waals surface area contributed by atoms with Crippen LogP contribution < -0.4 is 43.4 Å². The van der Waals surface area contributed by atoms with Crippen LogP contribution in [0.1, 0.15) is 66.4 Å². The number of aromatic amines is 1. The molecule has 20 nitrogen and oxygen atoms in total. The monoisotopic (exact) mass is 801 g/mol. The topological polar surface area (TPSA) is 334 Å². The molecule has 314 valence electrons. The number of amides is 7. The first-order valence-corrected chi connectivity index (χ1v) is 18.4. The number of nitrogens with two attached hydrogens (primary N) is 2. The second-order valence-electron chi connectivity index (χ2n) is 14.7. The van der Waals surface area contributed by atoms with Gasteiger partial charge in [-0.1, -0.05) is 59.7 Å². The van der Waals surface area contributed by atoms with Crippen molar-refractivity contribution in [1.82, 2.24) is 36.9 Å². The Balaban J connectivity index is 2.06. The van der Waals surface area contributed by atoms with Crippen LogP contribution in [0.3, 0.4) is 0 Å². The lowest BCUT2D eigenvalue weighted by Gasteiger charge is -2.28. The number of H-pyrrole nitrogens is 1. The first-order valence-electron chi connectivity index (χ1n) is 18.4. The van der Waals surface area contributed by atoms with E-state index in [0.29, 0.717) is 0 Å². The fourth-order valence-corrected chi connectivity index (χ4v) is 5.70. The molecular weight excluding hydrogens is 746 g/mol. The maximum atomic E-state index is 13.4. The van der Waals surface area contributed by atoms with Gasteiger partial charge in [0.2, 0.25) is 41.4 Å². The molecule has 0 bridgehead atoms. The molecule has 13 N–H and O–H groups in total. The lowest BCUT2D eigenvalue weighted by Crippen LogP contribution is -2.59. The van der Waals surface area contributed by atoms with E-state index in [9.17, 15) is 53.4 Å². The summed E-state index contributed by atoms with van der Waals surface area (Å²) >= 11 is 0. The number of carboxylic acids is 2. The lowest BCUT2D eigenvalue weighted by atomic mass is 9.98. The second-order valence-corrected chi connectivity index (χ2v) is 14.7. The molecule has 0 fully saturated rings. The van der Waals surface area contributed by atoms with E-state index in [-0.39, 0.29) is 19.3 Å². The Kier molecular flexibility index (Phi) is 18.1. The Labute approximate surface area is 329 Å². The van der Waals surface area contributed by atoms with Crippen molar-refractivity contribution < 1.29 is 53.4 Å². The molecule has 0 spiro atoms. The number of para-hydroxylation sites is 1. The number of primary amides is 1. The zero-order valence-corrected chi connectivity index (χ0v) is 32.8. The second kappa shape index (κ2) is 21.9. The van der Waals surface area contributed by atoms with Gasteiger partial charge >= 0.3 is 11.9 Å². The van der Waals surface area contributed by atoms with Gasteiger partial charge in [-0.15, -0.1) is 0 Å². The molecule has 2 rings (SSSR count). The maximum Gasteiger partial charge on any atom is 0.326 e. The maximum absolute atomic E-state index is 13.4. The Morgan fingerprint density at radius 1 is 0.684 bits per heavy atom. The molecule has 0 radical (unpaired) electrons. The van der Waals surface area contributed by atoms with E-state index in [1.807, 2.05) is 24.3 Å². The van der Waals surface area contributed by atoms with Gasteiger partial charge in [-0.3, -0.25) is 38.4 Å². The predicted octanol–water partition coefficient (Wildman–Crippen LogP) is -1.63. The molecule has 1 heterocycles. The number of carbonyl (C=O) groups excluding carboxylic acids is 7. The van der Waals surface area contributed by atoms with Crippen LogP contribution in [0.5, 0.6) is 0 Å². The Morgan fingerprint density at radius 2 is 1.21 bits per heavy atom. The zero-order chi connectivity index (χ0) is 43.1. The van der Waals surface area contributed by atoms with Crippen LogP contribution in [-0.4, -0.2) is 111 Å². The average Bonchev–Trinajstić information content (AvgIpc) is 3.53. The summed E-state index contributed by atoms with van der Waals surface area (Å²) in [5, 5.41) is 34.2. The first kappa shape index (κ1) is 47.1. The predicted molar refractivity (Wildman–Crippen MR) is 205 cm³/mol. The molecule has 0 saturated carbocycles. The van der Waals surface area contributed by atoms with Crippen molar-refractivity contribution >= 4 is 64.2 Å². The summed E-state index contributed by atoms with van der Waals surface area (Å²) in [5.74, 6) is -10.4. The average molecular weight is 802 g/mol. The number of rotatable bonds is 23. The van der Waals surface area contributed by atoms with Crippen molar-refractivity contribution in [3.63, 3.8) is 0 Å². The van der Waals surface area contributed by atoms with Gasteiger partial charge in [0.1, 0.15) is 30.2 Å².